The molecule has 0 saturated carbocycles. The third-order valence-electron chi connectivity index (χ3n) is 3.51. The topological polar surface area (TPSA) is 85.4 Å². The lowest BCUT2D eigenvalue weighted by molar-refractivity contribution is -0.274. The third-order valence-corrected chi connectivity index (χ3v) is 4.90. The Morgan fingerprint density at radius 1 is 1.04 bits per heavy atom. The van der Waals surface area contributed by atoms with Crippen LogP contribution in [0, 0.1) is 0 Å². The van der Waals surface area contributed by atoms with E-state index in [0.29, 0.717) is 10.8 Å². The van der Waals surface area contributed by atoms with Crippen molar-refractivity contribution >= 4 is 26.7 Å². The van der Waals surface area contributed by atoms with Crippen LogP contribution < -0.4 is 9.46 Å². The Morgan fingerprint density at radius 2 is 1.74 bits per heavy atom. The fourth-order valence-corrected chi connectivity index (χ4v) is 3.58. The Bertz CT molecular complexity index is 1090. The van der Waals surface area contributed by atoms with Gasteiger partial charge in [-0.2, -0.15) is 0 Å². The van der Waals surface area contributed by atoms with Crippen LogP contribution in [0.3, 0.4) is 0 Å². The molecule has 0 radical (unpaired) electrons. The number of aromatic nitrogens is 1. The highest BCUT2D eigenvalue weighted by Crippen LogP contribution is 2.24. The third kappa shape index (κ3) is 4.34. The molecule has 1 amide bonds. The molecule has 3 rings (SSSR count). The van der Waals surface area contributed by atoms with Crippen molar-refractivity contribution in [1.29, 1.82) is 0 Å². The van der Waals surface area contributed by atoms with Gasteiger partial charge in [0.15, 0.2) is 0 Å². The van der Waals surface area contributed by atoms with Gasteiger partial charge in [-0.15, -0.1) is 13.2 Å². The SMILES string of the molecule is O=C(NS(=O)(=O)c1cccc2cnccc12)c1ccc(OC(F)(F)F)cc1. The van der Waals surface area contributed by atoms with E-state index in [0.717, 1.165) is 24.3 Å². The lowest BCUT2D eigenvalue weighted by atomic mass is 10.2. The molecule has 0 aliphatic rings. The number of carbonyl (C=O) groups is 1. The summed E-state index contributed by atoms with van der Waals surface area (Å²) in [7, 11) is -4.21. The van der Waals surface area contributed by atoms with Crippen molar-refractivity contribution in [1.82, 2.24) is 9.71 Å². The van der Waals surface area contributed by atoms with Gasteiger partial charge >= 0.3 is 6.36 Å². The molecule has 0 fully saturated rings. The van der Waals surface area contributed by atoms with E-state index in [4.69, 9.17) is 0 Å². The van der Waals surface area contributed by atoms with Crippen LogP contribution in [0.2, 0.25) is 0 Å². The fraction of sp³-hybridized carbons (Fsp3) is 0.0588. The molecule has 10 heteroatoms. The van der Waals surface area contributed by atoms with Gasteiger partial charge in [0.1, 0.15) is 5.75 Å². The number of pyridine rings is 1. The van der Waals surface area contributed by atoms with Gasteiger partial charge in [-0.05, 0) is 36.4 Å². The summed E-state index contributed by atoms with van der Waals surface area (Å²) in [6.07, 6.45) is -1.96. The molecule has 6 nitrogen and oxygen atoms in total. The second-order valence-corrected chi connectivity index (χ2v) is 7.01. The molecule has 1 heterocycles. The molecule has 0 unspecified atom stereocenters. The zero-order valence-corrected chi connectivity index (χ0v) is 14.2. The van der Waals surface area contributed by atoms with Crippen molar-refractivity contribution in [2.24, 2.45) is 0 Å². The molecule has 0 bridgehead atoms. The molecule has 27 heavy (non-hydrogen) atoms. The number of benzene rings is 2. The van der Waals surface area contributed by atoms with Crippen LogP contribution in [0.1, 0.15) is 10.4 Å². The van der Waals surface area contributed by atoms with Gasteiger partial charge in [-0.3, -0.25) is 9.78 Å². The summed E-state index contributed by atoms with van der Waals surface area (Å²) < 4.78 is 67.2. The first-order valence-corrected chi connectivity index (χ1v) is 8.90. The van der Waals surface area contributed by atoms with E-state index in [9.17, 15) is 26.4 Å². The van der Waals surface area contributed by atoms with E-state index in [1.807, 2.05) is 4.72 Å². The van der Waals surface area contributed by atoms with Crippen LogP contribution in [0.5, 0.6) is 5.75 Å². The molecule has 0 aliphatic carbocycles. The second kappa shape index (κ2) is 6.88. The van der Waals surface area contributed by atoms with Gasteiger partial charge in [0.2, 0.25) is 0 Å². The molecular weight excluding hydrogens is 385 g/mol. The van der Waals surface area contributed by atoms with Crippen molar-refractivity contribution in [2.75, 3.05) is 0 Å². The number of hydrogen-bond donors (Lipinski definition) is 1. The van der Waals surface area contributed by atoms with E-state index in [-0.39, 0.29) is 10.5 Å². The standard InChI is InChI=1S/C17H11F3N2O4S/c18-17(19,20)26-13-6-4-11(5-7-13)16(23)22-27(24,25)15-3-1-2-12-10-21-9-8-14(12)15/h1-10H,(H,22,23). The Labute approximate surface area is 151 Å². The predicted molar refractivity (Wildman–Crippen MR) is 89.5 cm³/mol. The van der Waals surface area contributed by atoms with E-state index in [1.54, 1.807) is 6.07 Å². The van der Waals surface area contributed by atoms with Crippen molar-refractivity contribution in [2.45, 2.75) is 11.3 Å². The average molecular weight is 396 g/mol. The predicted octanol–water partition coefficient (Wildman–Crippen LogP) is 3.25. The van der Waals surface area contributed by atoms with Crippen molar-refractivity contribution in [3.8, 4) is 5.75 Å². The fourth-order valence-electron chi connectivity index (χ4n) is 2.37. The Morgan fingerprint density at radius 3 is 2.41 bits per heavy atom. The van der Waals surface area contributed by atoms with Crippen LogP contribution in [0.4, 0.5) is 13.2 Å². The molecule has 0 saturated heterocycles. The van der Waals surface area contributed by atoms with E-state index in [1.165, 1.54) is 30.6 Å². The maximum absolute atomic E-state index is 12.6. The molecule has 2 aromatic carbocycles. The number of carbonyl (C=O) groups excluding carboxylic acids is 1. The van der Waals surface area contributed by atoms with Crippen LogP contribution in [0.15, 0.2) is 65.8 Å². The molecule has 0 spiro atoms. The Balaban J connectivity index is 1.84. The smallest absolute Gasteiger partial charge is 0.406 e. The number of fused-ring (bicyclic) bond motifs is 1. The molecule has 3 aromatic rings. The lowest BCUT2D eigenvalue weighted by Crippen LogP contribution is -2.30. The number of sulfonamides is 1. The molecule has 140 valence electrons. The highest BCUT2D eigenvalue weighted by atomic mass is 32.2. The highest BCUT2D eigenvalue weighted by molar-refractivity contribution is 7.90. The van der Waals surface area contributed by atoms with Gasteiger partial charge in [0, 0.05) is 28.7 Å². The van der Waals surface area contributed by atoms with Crippen LogP contribution >= 0.6 is 0 Å². The summed E-state index contributed by atoms with van der Waals surface area (Å²) in [5.74, 6) is -1.51. The molecule has 0 atom stereocenters. The number of amides is 1. The first-order chi connectivity index (χ1) is 12.7. The number of hydrogen-bond acceptors (Lipinski definition) is 5. The largest absolute Gasteiger partial charge is 0.573 e. The summed E-state index contributed by atoms with van der Waals surface area (Å²) in [6, 6.07) is 9.89. The van der Waals surface area contributed by atoms with Gasteiger partial charge in [0.05, 0.1) is 4.90 Å². The summed E-state index contributed by atoms with van der Waals surface area (Å²) >= 11 is 0. The summed E-state index contributed by atoms with van der Waals surface area (Å²) in [4.78, 5) is 16.0. The number of alkyl halides is 3. The number of halogens is 3. The van der Waals surface area contributed by atoms with Gasteiger partial charge in [-0.1, -0.05) is 12.1 Å². The molecular formula is C17H11F3N2O4S. The minimum Gasteiger partial charge on any atom is -0.406 e. The van der Waals surface area contributed by atoms with Crippen molar-refractivity contribution < 1.29 is 31.1 Å². The Hall–Kier alpha value is -3.14. The maximum atomic E-state index is 12.6. The minimum absolute atomic E-state index is 0.118. The van der Waals surface area contributed by atoms with Gasteiger partial charge in [-0.25, -0.2) is 13.1 Å². The molecule has 1 N–H and O–H groups in total. The summed E-state index contributed by atoms with van der Waals surface area (Å²) in [5.41, 5.74) is -0.144. The zero-order valence-electron chi connectivity index (χ0n) is 13.4. The minimum atomic E-state index is -4.86. The second-order valence-electron chi connectivity index (χ2n) is 5.36. The first-order valence-electron chi connectivity index (χ1n) is 7.41. The van der Waals surface area contributed by atoms with Crippen LogP contribution in [-0.2, 0) is 10.0 Å². The molecule has 0 aliphatic heterocycles. The van der Waals surface area contributed by atoms with Crippen LogP contribution in [0.25, 0.3) is 10.8 Å². The Kier molecular flexibility index (Phi) is 4.75. The summed E-state index contributed by atoms with van der Waals surface area (Å²) in [6.45, 7) is 0. The monoisotopic (exact) mass is 396 g/mol. The van der Waals surface area contributed by atoms with Crippen LogP contribution in [-0.4, -0.2) is 25.7 Å². The molecule has 1 aromatic heterocycles. The number of nitrogens with zero attached hydrogens (tertiary/aromatic N) is 1. The quantitative estimate of drug-likeness (QED) is 0.732. The van der Waals surface area contributed by atoms with E-state index >= 15 is 0 Å². The summed E-state index contributed by atoms with van der Waals surface area (Å²) in [5, 5.41) is 0.947. The maximum Gasteiger partial charge on any atom is 0.573 e. The van der Waals surface area contributed by atoms with E-state index in [2.05, 4.69) is 9.72 Å². The van der Waals surface area contributed by atoms with E-state index < -0.39 is 28.0 Å². The van der Waals surface area contributed by atoms with Crippen molar-refractivity contribution in [3.05, 3.63) is 66.5 Å². The normalized spacial score (nSPS) is 12.0. The zero-order chi connectivity index (χ0) is 19.7. The average Bonchev–Trinajstić information content (AvgIpc) is 2.60. The number of ether oxygens (including phenoxy) is 1. The number of rotatable bonds is 4. The highest BCUT2D eigenvalue weighted by Gasteiger charge is 2.31. The lowest BCUT2D eigenvalue weighted by Gasteiger charge is -2.11. The van der Waals surface area contributed by atoms with Gasteiger partial charge < -0.3 is 4.74 Å². The van der Waals surface area contributed by atoms with Crippen molar-refractivity contribution in [3.63, 3.8) is 0 Å². The number of nitrogens with one attached hydrogen (secondary N) is 1. The first kappa shape index (κ1) is 18.6. The van der Waals surface area contributed by atoms with Gasteiger partial charge in [0.25, 0.3) is 15.9 Å².